The second kappa shape index (κ2) is 6.48. The molecule has 2 atom stereocenters. The molecule has 3 nitrogen and oxygen atoms in total. The Morgan fingerprint density at radius 3 is 2.61 bits per heavy atom. The van der Waals surface area contributed by atoms with Gasteiger partial charge in [0.1, 0.15) is 11.9 Å². The number of nitriles is 1. The van der Waals surface area contributed by atoms with Crippen molar-refractivity contribution in [2.75, 3.05) is 0 Å². The van der Waals surface area contributed by atoms with Crippen molar-refractivity contribution >= 4 is 0 Å². The lowest BCUT2D eigenvalue weighted by Gasteiger charge is -2.20. The van der Waals surface area contributed by atoms with Gasteiger partial charge in [-0.25, -0.2) is 4.39 Å². The van der Waals surface area contributed by atoms with Gasteiger partial charge in [-0.2, -0.15) is 5.26 Å². The first kappa shape index (κ1) is 14.6. The van der Waals surface area contributed by atoms with Gasteiger partial charge in [-0.1, -0.05) is 19.9 Å². The number of hydrogen-bond donors (Lipinski definition) is 2. The van der Waals surface area contributed by atoms with Gasteiger partial charge in [-0.15, -0.1) is 0 Å². The molecule has 98 valence electrons. The van der Waals surface area contributed by atoms with E-state index < -0.39 is 18.0 Å². The van der Waals surface area contributed by atoms with E-state index in [0.717, 1.165) is 6.42 Å². The fourth-order valence-electron chi connectivity index (χ4n) is 1.74. The van der Waals surface area contributed by atoms with Crippen molar-refractivity contribution in [2.24, 2.45) is 11.7 Å². The summed E-state index contributed by atoms with van der Waals surface area (Å²) in [6, 6.07) is 5.31. The molecule has 0 aliphatic heterocycles. The van der Waals surface area contributed by atoms with Crippen LogP contribution < -0.4 is 5.73 Å². The van der Waals surface area contributed by atoms with Crippen molar-refractivity contribution in [3.05, 3.63) is 35.1 Å². The molecule has 3 N–H and O–H groups in total. The summed E-state index contributed by atoms with van der Waals surface area (Å²) < 4.78 is 13.2. The maximum absolute atomic E-state index is 13.2. The van der Waals surface area contributed by atoms with E-state index in [1.807, 2.05) is 0 Å². The Hall–Kier alpha value is -1.44. The van der Waals surface area contributed by atoms with Crippen LogP contribution in [0.2, 0.25) is 0 Å². The van der Waals surface area contributed by atoms with Crippen molar-refractivity contribution in [1.82, 2.24) is 0 Å². The van der Waals surface area contributed by atoms with Crippen LogP contribution in [0.3, 0.4) is 0 Å². The summed E-state index contributed by atoms with van der Waals surface area (Å²) >= 11 is 0. The summed E-state index contributed by atoms with van der Waals surface area (Å²) in [7, 11) is 0. The maximum Gasteiger partial charge on any atom is 0.140 e. The number of rotatable bonds is 5. The topological polar surface area (TPSA) is 70.0 Å². The third kappa shape index (κ3) is 3.80. The van der Waals surface area contributed by atoms with Crippen molar-refractivity contribution < 1.29 is 9.50 Å². The number of halogens is 1. The van der Waals surface area contributed by atoms with Gasteiger partial charge >= 0.3 is 0 Å². The lowest BCUT2D eigenvalue weighted by molar-refractivity contribution is 0.128. The minimum Gasteiger partial charge on any atom is -0.391 e. The van der Waals surface area contributed by atoms with Gasteiger partial charge < -0.3 is 10.8 Å². The normalized spacial score (nSPS) is 14.3. The lowest BCUT2D eigenvalue weighted by Crippen LogP contribution is -2.26. The standard InChI is InChI=1S/C14H19FN2O/c1-9(2)3-6-13(18)14(17)10-4-5-12(15)11(7-10)8-16/h4-5,7,9,13-14,18H,3,6,17H2,1-2H3/t13-,14+/m1/s1. The molecule has 0 bridgehead atoms. The van der Waals surface area contributed by atoms with E-state index in [4.69, 9.17) is 11.0 Å². The first-order valence-electron chi connectivity index (χ1n) is 6.09. The Labute approximate surface area is 107 Å². The molecule has 1 aromatic carbocycles. The molecule has 0 saturated carbocycles. The zero-order valence-corrected chi connectivity index (χ0v) is 10.7. The predicted molar refractivity (Wildman–Crippen MR) is 68.1 cm³/mol. The third-order valence-corrected chi connectivity index (χ3v) is 2.95. The summed E-state index contributed by atoms with van der Waals surface area (Å²) in [4.78, 5) is 0. The molecule has 0 unspecified atom stereocenters. The largest absolute Gasteiger partial charge is 0.391 e. The average molecular weight is 250 g/mol. The summed E-state index contributed by atoms with van der Waals surface area (Å²) in [5.41, 5.74) is 6.46. The number of aliphatic hydroxyl groups is 1. The highest BCUT2D eigenvalue weighted by molar-refractivity contribution is 5.35. The SMILES string of the molecule is CC(C)CC[C@@H](O)[C@@H](N)c1ccc(F)c(C#N)c1. The summed E-state index contributed by atoms with van der Waals surface area (Å²) in [6.45, 7) is 4.15. The number of nitrogens with zero attached hydrogens (tertiary/aromatic N) is 1. The minimum absolute atomic E-state index is 0.0426. The zero-order valence-electron chi connectivity index (χ0n) is 10.7. The first-order valence-corrected chi connectivity index (χ1v) is 6.09. The maximum atomic E-state index is 13.2. The Kier molecular flexibility index (Phi) is 5.26. The van der Waals surface area contributed by atoms with E-state index in [2.05, 4.69) is 13.8 Å². The van der Waals surface area contributed by atoms with Crippen molar-refractivity contribution in [3.8, 4) is 6.07 Å². The van der Waals surface area contributed by atoms with Crippen LogP contribution in [-0.2, 0) is 0 Å². The van der Waals surface area contributed by atoms with E-state index in [0.29, 0.717) is 17.9 Å². The van der Waals surface area contributed by atoms with E-state index in [-0.39, 0.29) is 5.56 Å². The van der Waals surface area contributed by atoms with E-state index in [1.165, 1.54) is 18.2 Å². The number of benzene rings is 1. The van der Waals surface area contributed by atoms with Crippen LogP contribution in [0.25, 0.3) is 0 Å². The Morgan fingerprint density at radius 2 is 2.06 bits per heavy atom. The molecule has 0 aromatic heterocycles. The highest BCUT2D eigenvalue weighted by Gasteiger charge is 2.18. The monoisotopic (exact) mass is 250 g/mol. The quantitative estimate of drug-likeness (QED) is 0.843. The van der Waals surface area contributed by atoms with Crippen molar-refractivity contribution in [3.63, 3.8) is 0 Å². The Morgan fingerprint density at radius 1 is 1.39 bits per heavy atom. The second-order valence-corrected chi connectivity index (χ2v) is 4.92. The smallest absolute Gasteiger partial charge is 0.140 e. The van der Waals surface area contributed by atoms with Crippen LogP contribution in [0.4, 0.5) is 4.39 Å². The summed E-state index contributed by atoms with van der Waals surface area (Å²) in [5, 5.41) is 18.7. The van der Waals surface area contributed by atoms with Crippen LogP contribution in [0.15, 0.2) is 18.2 Å². The highest BCUT2D eigenvalue weighted by atomic mass is 19.1. The average Bonchev–Trinajstić information content (AvgIpc) is 2.35. The summed E-state index contributed by atoms with van der Waals surface area (Å²) in [6.07, 6.45) is 0.795. The molecule has 0 aliphatic rings. The Balaban J connectivity index is 2.77. The fourth-order valence-corrected chi connectivity index (χ4v) is 1.74. The minimum atomic E-state index is -0.676. The number of aliphatic hydroxyl groups excluding tert-OH is 1. The molecule has 1 rings (SSSR count). The first-order chi connectivity index (χ1) is 8.45. The molecule has 0 fully saturated rings. The summed E-state index contributed by atoms with van der Waals surface area (Å²) in [5.74, 6) is -0.0696. The van der Waals surface area contributed by atoms with E-state index >= 15 is 0 Å². The highest BCUT2D eigenvalue weighted by Crippen LogP contribution is 2.21. The number of hydrogen-bond acceptors (Lipinski definition) is 3. The van der Waals surface area contributed by atoms with Crippen molar-refractivity contribution in [1.29, 1.82) is 5.26 Å². The van der Waals surface area contributed by atoms with Crippen LogP contribution in [0.1, 0.15) is 43.9 Å². The molecule has 4 heteroatoms. The predicted octanol–water partition coefficient (Wildman–Crippen LogP) is 2.49. The molecule has 0 saturated heterocycles. The molecular formula is C14H19FN2O. The third-order valence-electron chi connectivity index (χ3n) is 2.95. The van der Waals surface area contributed by atoms with Gasteiger partial charge in [0.25, 0.3) is 0 Å². The van der Waals surface area contributed by atoms with Gasteiger partial charge in [0, 0.05) is 0 Å². The molecular weight excluding hydrogens is 231 g/mol. The molecule has 0 radical (unpaired) electrons. The van der Waals surface area contributed by atoms with Gasteiger partial charge in [-0.05, 0) is 36.5 Å². The molecule has 0 amide bonds. The van der Waals surface area contributed by atoms with Gasteiger partial charge in [0.2, 0.25) is 0 Å². The lowest BCUT2D eigenvalue weighted by atomic mass is 9.95. The van der Waals surface area contributed by atoms with Crippen molar-refractivity contribution in [2.45, 2.75) is 38.8 Å². The van der Waals surface area contributed by atoms with Crippen LogP contribution in [0.5, 0.6) is 0 Å². The molecule has 0 heterocycles. The second-order valence-electron chi connectivity index (χ2n) is 4.92. The zero-order chi connectivity index (χ0) is 13.7. The Bertz CT molecular complexity index is 440. The van der Waals surface area contributed by atoms with Crippen LogP contribution in [0, 0.1) is 23.1 Å². The van der Waals surface area contributed by atoms with E-state index in [9.17, 15) is 9.50 Å². The van der Waals surface area contributed by atoms with Gasteiger partial charge in [0.05, 0.1) is 17.7 Å². The number of nitrogens with two attached hydrogens (primary N) is 1. The molecule has 1 aromatic rings. The van der Waals surface area contributed by atoms with Crippen LogP contribution in [-0.4, -0.2) is 11.2 Å². The molecule has 0 aliphatic carbocycles. The van der Waals surface area contributed by atoms with Gasteiger partial charge in [-0.3, -0.25) is 0 Å². The van der Waals surface area contributed by atoms with Crippen LogP contribution >= 0.6 is 0 Å². The molecule has 0 spiro atoms. The molecule has 18 heavy (non-hydrogen) atoms. The fraction of sp³-hybridized carbons (Fsp3) is 0.500. The van der Waals surface area contributed by atoms with Gasteiger partial charge in [0.15, 0.2) is 0 Å². The van der Waals surface area contributed by atoms with E-state index in [1.54, 1.807) is 6.07 Å².